The average Bonchev–Trinajstić information content (AvgIpc) is 2.25. The highest BCUT2D eigenvalue weighted by atomic mass is 35.5. The van der Waals surface area contributed by atoms with Crippen LogP contribution in [0.4, 0.5) is 0 Å². The molecule has 0 aliphatic carbocycles. The van der Waals surface area contributed by atoms with Gasteiger partial charge in [-0.25, -0.2) is 0 Å². The Bertz CT molecular complexity index is 329. The fraction of sp³-hybridized carbons (Fsp3) is 0.429. The second-order valence-corrected chi connectivity index (χ2v) is 4.66. The van der Waals surface area contributed by atoms with Crippen molar-refractivity contribution in [3.05, 3.63) is 47.0 Å². The third-order valence-corrected chi connectivity index (χ3v) is 2.72. The van der Waals surface area contributed by atoms with Gasteiger partial charge in [-0.1, -0.05) is 36.2 Å². The minimum Gasteiger partial charge on any atom is -0.310 e. The van der Waals surface area contributed by atoms with E-state index in [0.717, 1.165) is 24.4 Å². The molecule has 1 nitrogen and oxygen atoms in total. The van der Waals surface area contributed by atoms with E-state index in [1.54, 1.807) is 0 Å². The number of hydrogen-bond donors (Lipinski definition) is 1. The molecule has 88 valence electrons. The van der Waals surface area contributed by atoms with Gasteiger partial charge in [-0.2, -0.15) is 0 Å². The van der Waals surface area contributed by atoms with Gasteiger partial charge in [0, 0.05) is 11.1 Å². The van der Waals surface area contributed by atoms with Crippen molar-refractivity contribution >= 4 is 11.6 Å². The van der Waals surface area contributed by atoms with E-state index in [9.17, 15) is 0 Å². The average molecular weight is 238 g/mol. The van der Waals surface area contributed by atoms with Crippen LogP contribution < -0.4 is 5.32 Å². The van der Waals surface area contributed by atoms with Crippen LogP contribution in [-0.4, -0.2) is 6.54 Å². The third-order valence-electron chi connectivity index (χ3n) is 2.47. The molecule has 1 N–H and O–H groups in total. The van der Waals surface area contributed by atoms with Crippen molar-refractivity contribution in [1.82, 2.24) is 5.32 Å². The number of halogens is 1. The number of nitrogens with one attached hydrogen (secondary N) is 1. The number of benzene rings is 1. The Morgan fingerprint density at radius 2 is 2.00 bits per heavy atom. The first kappa shape index (κ1) is 13.3. The van der Waals surface area contributed by atoms with Crippen molar-refractivity contribution in [2.24, 2.45) is 0 Å². The maximum absolute atomic E-state index is 5.89. The van der Waals surface area contributed by atoms with Gasteiger partial charge < -0.3 is 5.32 Å². The topological polar surface area (TPSA) is 12.0 Å². The van der Waals surface area contributed by atoms with E-state index in [1.807, 2.05) is 12.1 Å². The zero-order chi connectivity index (χ0) is 12.0. The van der Waals surface area contributed by atoms with Crippen LogP contribution in [0.5, 0.6) is 0 Å². The summed E-state index contributed by atoms with van der Waals surface area (Å²) in [6, 6.07) is 8.40. The summed E-state index contributed by atoms with van der Waals surface area (Å²) in [5.74, 6) is 0. The Morgan fingerprint density at radius 1 is 1.38 bits per heavy atom. The molecule has 0 saturated heterocycles. The van der Waals surface area contributed by atoms with Crippen molar-refractivity contribution < 1.29 is 0 Å². The Kier molecular flexibility index (Phi) is 5.58. The monoisotopic (exact) mass is 237 g/mol. The largest absolute Gasteiger partial charge is 0.310 e. The van der Waals surface area contributed by atoms with Gasteiger partial charge in [0.2, 0.25) is 0 Å². The van der Waals surface area contributed by atoms with Crippen LogP contribution in [0.2, 0.25) is 5.02 Å². The highest BCUT2D eigenvalue weighted by molar-refractivity contribution is 6.30. The lowest BCUT2D eigenvalue weighted by Gasteiger charge is -2.19. The first-order chi connectivity index (χ1) is 7.63. The van der Waals surface area contributed by atoms with Crippen LogP contribution in [0.3, 0.4) is 0 Å². The van der Waals surface area contributed by atoms with E-state index in [0.29, 0.717) is 6.04 Å². The predicted octanol–water partition coefficient (Wildman–Crippen LogP) is 4.35. The zero-order valence-electron chi connectivity index (χ0n) is 10.1. The standard InChI is InChI=1S/C14H20ClN/c1-4-9-16-14(10-11(2)3)12-5-7-13(15)8-6-12/h5-8,14,16H,2,4,9-10H2,1,3H3. The highest BCUT2D eigenvalue weighted by Gasteiger charge is 2.10. The van der Waals surface area contributed by atoms with Crippen molar-refractivity contribution in [2.45, 2.75) is 32.7 Å². The summed E-state index contributed by atoms with van der Waals surface area (Å²) < 4.78 is 0. The second-order valence-electron chi connectivity index (χ2n) is 4.22. The Labute approximate surface area is 104 Å². The van der Waals surface area contributed by atoms with Gasteiger partial charge in [0.15, 0.2) is 0 Å². The van der Waals surface area contributed by atoms with Gasteiger partial charge in [0.1, 0.15) is 0 Å². The zero-order valence-corrected chi connectivity index (χ0v) is 10.8. The maximum Gasteiger partial charge on any atom is 0.0406 e. The molecule has 16 heavy (non-hydrogen) atoms. The SMILES string of the molecule is C=C(C)CC(NCCC)c1ccc(Cl)cc1. The van der Waals surface area contributed by atoms with E-state index in [-0.39, 0.29) is 0 Å². The fourth-order valence-corrected chi connectivity index (χ4v) is 1.80. The third kappa shape index (κ3) is 4.38. The van der Waals surface area contributed by atoms with E-state index in [1.165, 1.54) is 11.1 Å². The summed E-state index contributed by atoms with van der Waals surface area (Å²) >= 11 is 5.89. The normalized spacial score (nSPS) is 12.4. The lowest BCUT2D eigenvalue weighted by atomic mass is 10.0. The number of rotatable bonds is 6. The predicted molar refractivity (Wildman–Crippen MR) is 71.9 cm³/mol. The summed E-state index contributed by atoms with van der Waals surface area (Å²) in [4.78, 5) is 0. The van der Waals surface area contributed by atoms with Crippen LogP contribution in [-0.2, 0) is 0 Å². The van der Waals surface area contributed by atoms with E-state index in [4.69, 9.17) is 11.6 Å². The van der Waals surface area contributed by atoms with Gasteiger partial charge >= 0.3 is 0 Å². The molecule has 1 unspecified atom stereocenters. The molecule has 1 rings (SSSR count). The first-order valence-electron chi connectivity index (χ1n) is 5.76. The van der Waals surface area contributed by atoms with Crippen molar-refractivity contribution in [3.63, 3.8) is 0 Å². The Hall–Kier alpha value is -0.790. The summed E-state index contributed by atoms with van der Waals surface area (Å²) in [5, 5.41) is 4.32. The maximum atomic E-state index is 5.89. The molecular formula is C14H20ClN. The highest BCUT2D eigenvalue weighted by Crippen LogP contribution is 2.22. The molecule has 0 spiro atoms. The smallest absolute Gasteiger partial charge is 0.0406 e. The van der Waals surface area contributed by atoms with Crippen molar-refractivity contribution in [3.8, 4) is 0 Å². The van der Waals surface area contributed by atoms with Crippen molar-refractivity contribution in [1.29, 1.82) is 0 Å². The second kappa shape index (κ2) is 6.72. The van der Waals surface area contributed by atoms with Crippen LogP contribution >= 0.6 is 11.6 Å². The van der Waals surface area contributed by atoms with Crippen LogP contribution in [0, 0.1) is 0 Å². The van der Waals surface area contributed by atoms with Crippen LogP contribution in [0.25, 0.3) is 0 Å². The van der Waals surface area contributed by atoms with Crippen LogP contribution in [0.1, 0.15) is 38.3 Å². The van der Waals surface area contributed by atoms with Gasteiger partial charge in [-0.3, -0.25) is 0 Å². The molecule has 0 heterocycles. The van der Waals surface area contributed by atoms with Crippen molar-refractivity contribution in [2.75, 3.05) is 6.54 Å². The summed E-state index contributed by atoms with van der Waals surface area (Å²) in [6.07, 6.45) is 2.11. The Balaban J connectivity index is 2.74. The van der Waals surface area contributed by atoms with E-state index in [2.05, 4.69) is 37.9 Å². The molecular weight excluding hydrogens is 218 g/mol. The molecule has 0 aliphatic rings. The molecule has 0 fully saturated rings. The van der Waals surface area contributed by atoms with Gasteiger partial charge in [0.05, 0.1) is 0 Å². The summed E-state index contributed by atoms with van der Waals surface area (Å²) in [6.45, 7) is 9.25. The minimum atomic E-state index is 0.356. The molecule has 1 aromatic rings. The van der Waals surface area contributed by atoms with Gasteiger partial charge in [-0.05, 0) is 44.0 Å². The first-order valence-corrected chi connectivity index (χ1v) is 6.14. The molecule has 0 amide bonds. The fourth-order valence-electron chi connectivity index (χ4n) is 1.67. The van der Waals surface area contributed by atoms with E-state index < -0.39 is 0 Å². The minimum absolute atomic E-state index is 0.356. The van der Waals surface area contributed by atoms with Gasteiger partial charge in [0.25, 0.3) is 0 Å². The van der Waals surface area contributed by atoms with Crippen LogP contribution in [0.15, 0.2) is 36.4 Å². The number of hydrogen-bond acceptors (Lipinski definition) is 1. The molecule has 0 bridgehead atoms. The van der Waals surface area contributed by atoms with E-state index >= 15 is 0 Å². The summed E-state index contributed by atoms with van der Waals surface area (Å²) in [7, 11) is 0. The van der Waals surface area contributed by atoms with Gasteiger partial charge in [-0.15, -0.1) is 6.58 Å². The molecule has 2 heteroatoms. The molecule has 1 atom stereocenters. The molecule has 0 aromatic heterocycles. The molecule has 0 saturated carbocycles. The Morgan fingerprint density at radius 3 is 2.50 bits per heavy atom. The summed E-state index contributed by atoms with van der Waals surface area (Å²) in [5.41, 5.74) is 2.48. The molecule has 0 radical (unpaired) electrons. The molecule has 0 aliphatic heterocycles. The lowest BCUT2D eigenvalue weighted by Crippen LogP contribution is -2.22. The lowest BCUT2D eigenvalue weighted by molar-refractivity contribution is 0.528. The molecule has 1 aromatic carbocycles. The quantitative estimate of drug-likeness (QED) is 0.726.